The molecule has 0 spiro atoms. The molecule has 1 atom stereocenters. The first kappa shape index (κ1) is 16.1. The molecule has 0 heterocycles. The molecule has 0 aliphatic rings. The van der Waals surface area contributed by atoms with Gasteiger partial charge in [0.15, 0.2) is 0 Å². The van der Waals surface area contributed by atoms with Crippen LogP contribution in [0.1, 0.15) is 24.1 Å². The van der Waals surface area contributed by atoms with Crippen LogP contribution in [0.15, 0.2) is 40.9 Å². The normalized spacial score (nSPS) is 12.0. The van der Waals surface area contributed by atoms with Gasteiger partial charge in [-0.1, -0.05) is 23.7 Å². The summed E-state index contributed by atoms with van der Waals surface area (Å²) in [4.78, 5) is 0. The van der Waals surface area contributed by atoms with E-state index in [1.165, 1.54) is 0 Å². The highest BCUT2D eigenvalue weighted by molar-refractivity contribution is 9.10. The van der Waals surface area contributed by atoms with Gasteiger partial charge in [0.1, 0.15) is 18.1 Å². The Bertz CT molecular complexity index is 632. The molecule has 0 aromatic heterocycles. The van der Waals surface area contributed by atoms with E-state index in [2.05, 4.69) is 15.9 Å². The predicted octanol–water partition coefficient (Wildman–Crippen LogP) is 4.71. The SMILES string of the molecule is COc1ccc(COc2ccc([C@H](C)N)cc2Cl)cc1Br. The Morgan fingerprint density at radius 3 is 2.48 bits per heavy atom. The Morgan fingerprint density at radius 2 is 1.90 bits per heavy atom. The number of nitrogens with two attached hydrogens (primary N) is 1. The summed E-state index contributed by atoms with van der Waals surface area (Å²) in [5, 5.41) is 0.567. The van der Waals surface area contributed by atoms with Crippen LogP contribution in [0.2, 0.25) is 5.02 Å². The van der Waals surface area contributed by atoms with Crippen molar-refractivity contribution < 1.29 is 9.47 Å². The van der Waals surface area contributed by atoms with Crippen LogP contribution in [-0.4, -0.2) is 7.11 Å². The van der Waals surface area contributed by atoms with Gasteiger partial charge in [-0.15, -0.1) is 0 Å². The van der Waals surface area contributed by atoms with Crippen molar-refractivity contribution in [3.63, 3.8) is 0 Å². The summed E-state index contributed by atoms with van der Waals surface area (Å²) >= 11 is 9.66. The third-order valence-corrected chi connectivity index (χ3v) is 4.01. The maximum absolute atomic E-state index is 6.21. The van der Waals surface area contributed by atoms with Gasteiger partial charge in [-0.2, -0.15) is 0 Å². The maximum atomic E-state index is 6.21. The second-order valence-electron chi connectivity index (χ2n) is 4.74. The highest BCUT2D eigenvalue weighted by atomic mass is 79.9. The first-order chi connectivity index (χ1) is 10.0. The van der Waals surface area contributed by atoms with Crippen molar-refractivity contribution in [1.29, 1.82) is 0 Å². The number of hydrogen-bond donors (Lipinski definition) is 1. The van der Waals surface area contributed by atoms with E-state index >= 15 is 0 Å². The Morgan fingerprint density at radius 1 is 1.19 bits per heavy atom. The van der Waals surface area contributed by atoms with E-state index in [9.17, 15) is 0 Å². The first-order valence-electron chi connectivity index (χ1n) is 6.51. The third-order valence-electron chi connectivity index (χ3n) is 3.09. The highest BCUT2D eigenvalue weighted by Gasteiger charge is 2.07. The summed E-state index contributed by atoms with van der Waals surface area (Å²) < 4.78 is 11.8. The van der Waals surface area contributed by atoms with Crippen molar-refractivity contribution in [1.82, 2.24) is 0 Å². The van der Waals surface area contributed by atoms with E-state index in [1.807, 2.05) is 43.3 Å². The van der Waals surface area contributed by atoms with Crippen molar-refractivity contribution in [3.8, 4) is 11.5 Å². The molecule has 0 amide bonds. The number of methoxy groups -OCH3 is 1. The van der Waals surface area contributed by atoms with Gasteiger partial charge in [-0.25, -0.2) is 0 Å². The fourth-order valence-electron chi connectivity index (χ4n) is 1.88. The molecule has 2 aromatic rings. The summed E-state index contributed by atoms with van der Waals surface area (Å²) in [5.41, 5.74) is 7.83. The Kier molecular flexibility index (Phi) is 5.51. The molecule has 2 rings (SSSR count). The minimum atomic E-state index is -0.0471. The van der Waals surface area contributed by atoms with E-state index in [4.69, 9.17) is 26.8 Å². The Hall–Kier alpha value is -1.23. The molecule has 0 fully saturated rings. The molecule has 0 bridgehead atoms. The fourth-order valence-corrected chi connectivity index (χ4v) is 2.71. The van der Waals surface area contributed by atoms with Gasteiger partial charge in [0.2, 0.25) is 0 Å². The number of ether oxygens (including phenoxy) is 2. The molecule has 112 valence electrons. The number of benzene rings is 2. The summed E-state index contributed by atoms with van der Waals surface area (Å²) in [5.74, 6) is 1.44. The summed E-state index contributed by atoms with van der Waals surface area (Å²) in [6.07, 6.45) is 0. The average molecular weight is 371 g/mol. The molecular formula is C16H17BrClNO2. The van der Waals surface area contributed by atoms with Crippen LogP contribution < -0.4 is 15.2 Å². The summed E-state index contributed by atoms with van der Waals surface area (Å²) in [6.45, 7) is 2.35. The van der Waals surface area contributed by atoms with Crippen LogP contribution in [-0.2, 0) is 6.61 Å². The van der Waals surface area contributed by atoms with Crippen LogP contribution >= 0.6 is 27.5 Å². The van der Waals surface area contributed by atoms with Crippen molar-refractivity contribution in [2.75, 3.05) is 7.11 Å². The molecule has 0 unspecified atom stereocenters. The summed E-state index contributed by atoms with van der Waals surface area (Å²) in [7, 11) is 1.63. The van der Waals surface area contributed by atoms with E-state index in [1.54, 1.807) is 7.11 Å². The molecule has 21 heavy (non-hydrogen) atoms. The minimum Gasteiger partial charge on any atom is -0.496 e. The number of hydrogen-bond acceptors (Lipinski definition) is 3. The van der Waals surface area contributed by atoms with Crippen molar-refractivity contribution >= 4 is 27.5 Å². The Balaban J connectivity index is 2.08. The van der Waals surface area contributed by atoms with Crippen LogP contribution in [0.5, 0.6) is 11.5 Å². The van der Waals surface area contributed by atoms with Crippen molar-refractivity contribution in [2.45, 2.75) is 19.6 Å². The summed E-state index contributed by atoms with van der Waals surface area (Å²) in [6, 6.07) is 11.4. The van der Waals surface area contributed by atoms with Crippen LogP contribution in [0.25, 0.3) is 0 Å². The zero-order valence-corrected chi connectivity index (χ0v) is 14.2. The Labute approximate surface area is 138 Å². The lowest BCUT2D eigenvalue weighted by atomic mass is 10.1. The zero-order chi connectivity index (χ0) is 15.4. The topological polar surface area (TPSA) is 44.5 Å². The molecule has 3 nitrogen and oxygen atoms in total. The molecule has 0 saturated carbocycles. The zero-order valence-electron chi connectivity index (χ0n) is 11.9. The van der Waals surface area contributed by atoms with Gasteiger partial charge in [0, 0.05) is 6.04 Å². The maximum Gasteiger partial charge on any atom is 0.138 e. The second kappa shape index (κ2) is 7.16. The largest absolute Gasteiger partial charge is 0.496 e. The third kappa shape index (κ3) is 4.13. The highest BCUT2D eigenvalue weighted by Crippen LogP contribution is 2.29. The number of rotatable bonds is 5. The van der Waals surface area contributed by atoms with Crippen molar-refractivity contribution in [2.24, 2.45) is 5.73 Å². The van der Waals surface area contributed by atoms with Crippen molar-refractivity contribution in [3.05, 3.63) is 57.0 Å². The quantitative estimate of drug-likeness (QED) is 0.829. The van der Waals surface area contributed by atoms with E-state index in [0.717, 1.165) is 21.3 Å². The molecular weight excluding hydrogens is 354 g/mol. The molecule has 2 N–H and O–H groups in total. The molecule has 0 saturated heterocycles. The number of halogens is 2. The minimum absolute atomic E-state index is 0.0471. The monoisotopic (exact) mass is 369 g/mol. The van der Waals surface area contributed by atoms with Gasteiger partial charge < -0.3 is 15.2 Å². The van der Waals surface area contributed by atoms with Gasteiger partial charge in [0.25, 0.3) is 0 Å². The fraction of sp³-hybridized carbons (Fsp3) is 0.250. The standard InChI is InChI=1S/C16H17BrClNO2/c1-10(19)12-4-6-16(14(18)8-12)21-9-11-3-5-15(20-2)13(17)7-11/h3-8,10H,9,19H2,1-2H3/t10-/m0/s1. The molecule has 0 aliphatic carbocycles. The van der Waals surface area contributed by atoms with Gasteiger partial charge in [-0.05, 0) is 58.2 Å². The molecule has 2 aromatic carbocycles. The molecule has 0 radical (unpaired) electrons. The smallest absolute Gasteiger partial charge is 0.138 e. The van der Waals surface area contributed by atoms with Crippen LogP contribution in [0, 0.1) is 0 Å². The lowest BCUT2D eigenvalue weighted by molar-refractivity contribution is 0.306. The van der Waals surface area contributed by atoms with E-state index in [-0.39, 0.29) is 6.04 Å². The second-order valence-corrected chi connectivity index (χ2v) is 6.00. The van der Waals surface area contributed by atoms with Crippen LogP contribution in [0.4, 0.5) is 0 Å². The van der Waals surface area contributed by atoms with Gasteiger partial charge in [-0.3, -0.25) is 0 Å². The van der Waals surface area contributed by atoms with E-state index < -0.39 is 0 Å². The lowest BCUT2D eigenvalue weighted by Gasteiger charge is -2.12. The van der Waals surface area contributed by atoms with E-state index in [0.29, 0.717) is 17.4 Å². The van der Waals surface area contributed by atoms with Gasteiger partial charge >= 0.3 is 0 Å². The lowest BCUT2D eigenvalue weighted by Crippen LogP contribution is -2.05. The van der Waals surface area contributed by atoms with Crippen LogP contribution in [0.3, 0.4) is 0 Å². The average Bonchev–Trinajstić information content (AvgIpc) is 2.46. The molecule has 0 aliphatic heterocycles. The first-order valence-corrected chi connectivity index (χ1v) is 7.68. The predicted molar refractivity (Wildman–Crippen MR) is 89.1 cm³/mol. The van der Waals surface area contributed by atoms with Gasteiger partial charge in [0.05, 0.1) is 16.6 Å². The molecule has 5 heteroatoms.